The maximum absolute atomic E-state index is 11.8. The molecule has 0 unspecified atom stereocenters. The second kappa shape index (κ2) is 5.38. The van der Waals surface area contributed by atoms with Crippen molar-refractivity contribution < 1.29 is 8.42 Å². The van der Waals surface area contributed by atoms with Gasteiger partial charge in [0.1, 0.15) is 0 Å². The molecule has 0 aliphatic heterocycles. The van der Waals surface area contributed by atoms with Crippen LogP contribution in [0.2, 0.25) is 0 Å². The molecule has 0 aromatic carbocycles. The summed E-state index contributed by atoms with van der Waals surface area (Å²) in [5, 5.41) is 0. The van der Waals surface area contributed by atoms with Gasteiger partial charge in [0.2, 0.25) is 0 Å². The fourth-order valence-corrected chi connectivity index (χ4v) is 3.51. The molecule has 0 saturated carbocycles. The van der Waals surface area contributed by atoms with E-state index in [1.54, 1.807) is 6.07 Å². The van der Waals surface area contributed by atoms with Gasteiger partial charge in [-0.15, -0.1) is 0 Å². The topological polar surface area (TPSA) is 34.1 Å². The zero-order chi connectivity index (χ0) is 15.1. The summed E-state index contributed by atoms with van der Waals surface area (Å²) < 4.78 is 23.5. The number of hydrogen-bond acceptors (Lipinski definition) is 2. The number of rotatable bonds is 3. The summed E-state index contributed by atoms with van der Waals surface area (Å²) in [5.74, 6) is 0.639. The first-order valence-corrected chi connectivity index (χ1v) is 9.04. The quantitative estimate of drug-likeness (QED) is 0.750. The van der Waals surface area contributed by atoms with Gasteiger partial charge in [-0.1, -0.05) is 52.0 Å². The predicted molar refractivity (Wildman–Crippen MR) is 84.3 cm³/mol. The molecule has 2 aliphatic carbocycles. The lowest BCUT2D eigenvalue weighted by atomic mass is 10.0. The number of hydrogen-bond donors (Lipinski definition) is 0. The van der Waals surface area contributed by atoms with E-state index in [1.165, 1.54) is 5.56 Å². The fraction of sp³-hybridized carbons (Fsp3) is 0.375. The molecule has 0 spiro atoms. The summed E-state index contributed by atoms with van der Waals surface area (Å²) in [4.78, 5) is 0.212. The summed E-state index contributed by atoms with van der Waals surface area (Å²) >= 11 is 0. The predicted octanol–water partition coefficient (Wildman–Crippen LogP) is 4.97. The van der Waals surface area contributed by atoms with E-state index in [0.717, 1.165) is 11.1 Å². The SMILES string of the molecule is CC(C)c1ccc2c(C(C)C)cc(S(=O)(=O)Cl)c-2cc1. The van der Waals surface area contributed by atoms with Crippen LogP contribution in [-0.2, 0) is 9.05 Å². The third-order valence-corrected chi connectivity index (χ3v) is 4.95. The molecule has 0 radical (unpaired) electrons. The zero-order valence-electron chi connectivity index (χ0n) is 12.1. The minimum absolute atomic E-state index is 0.212. The lowest BCUT2D eigenvalue weighted by Crippen LogP contribution is -1.88. The van der Waals surface area contributed by atoms with Crippen LogP contribution >= 0.6 is 10.7 Å². The highest BCUT2D eigenvalue weighted by atomic mass is 35.7. The molecule has 0 bridgehead atoms. The van der Waals surface area contributed by atoms with E-state index in [-0.39, 0.29) is 10.8 Å². The molecule has 0 N–H and O–H groups in total. The van der Waals surface area contributed by atoms with Crippen molar-refractivity contribution in [1.82, 2.24) is 0 Å². The minimum Gasteiger partial charge on any atom is -0.207 e. The first kappa shape index (κ1) is 15.3. The van der Waals surface area contributed by atoms with Crippen LogP contribution in [0.3, 0.4) is 0 Å². The maximum atomic E-state index is 11.8. The van der Waals surface area contributed by atoms with Crippen molar-refractivity contribution in [2.45, 2.75) is 44.4 Å². The highest BCUT2D eigenvalue weighted by Crippen LogP contribution is 2.40. The Morgan fingerprint density at radius 2 is 1.45 bits per heavy atom. The fourth-order valence-electron chi connectivity index (χ4n) is 2.42. The van der Waals surface area contributed by atoms with Crippen LogP contribution < -0.4 is 0 Å². The average molecular weight is 311 g/mol. The third kappa shape index (κ3) is 2.84. The van der Waals surface area contributed by atoms with E-state index in [4.69, 9.17) is 10.7 Å². The van der Waals surface area contributed by atoms with E-state index in [0.29, 0.717) is 11.5 Å². The summed E-state index contributed by atoms with van der Waals surface area (Å²) in [6, 6.07) is 9.61. The second-order valence-electron chi connectivity index (χ2n) is 5.71. The van der Waals surface area contributed by atoms with E-state index >= 15 is 0 Å². The molecule has 108 valence electrons. The van der Waals surface area contributed by atoms with E-state index < -0.39 is 9.05 Å². The Bertz CT molecular complexity index is 703. The molecule has 0 atom stereocenters. The molecule has 4 heteroatoms. The van der Waals surface area contributed by atoms with Crippen LogP contribution in [0.4, 0.5) is 0 Å². The van der Waals surface area contributed by atoms with Crippen LogP contribution in [-0.4, -0.2) is 8.42 Å². The van der Waals surface area contributed by atoms with E-state index in [2.05, 4.69) is 33.8 Å². The van der Waals surface area contributed by atoms with Crippen LogP contribution in [0.25, 0.3) is 11.1 Å². The van der Waals surface area contributed by atoms with Gasteiger partial charge in [-0.25, -0.2) is 8.42 Å². The lowest BCUT2D eigenvalue weighted by molar-refractivity contribution is 0.610. The molecule has 2 nitrogen and oxygen atoms in total. The molecule has 0 aromatic heterocycles. The monoisotopic (exact) mass is 310 g/mol. The van der Waals surface area contributed by atoms with Gasteiger partial charge in [0.25, 0.3) is 9.05 Å². The van der Waals surface area contributed by atoms with Gasteiger partial charge < -0.3 is 0 Å². The molecule has 0 saturated heterocycles. The molecule has 0 amide bonds. The Balaban J connectivity index is 2.80. The van der Waals surface area contributed by atoms with Crippen LogP contribution in [0.1, 0.15) is 50.7 Å². The van der Waals surface area contributed by atoms with Crippen LogP contribution in [0.5, 0.6) is 0 Å². The molecule has 20 heavy (non-hydrogen) atoms. The van der Waals surface area contributed by atoms with Crippen LogP contribution in [0, 0.1) is 0 Å². The summed E-state index contributed by atoms with van der Waals surface area (Å²) in [6.07, 6.45) is 0. The van der Waals surface area contributed by atoms with Crippen molar-refractivity contribution in [1.29, 1.82) is 0 Å². The van der Waals surface area contributed by atoms with Gasteiger partial charge >= 0.3 is 0 Å². The Kier molecular flexibility index (Phi) is 4.12. The largest absolute Gasteiger partial charge is 0.261 e. The highest BCUT2D eigenvalue weighted by Gasteiger charge is 2.24. The summed E-state index contributed by atoms with van der Waals surface area (Å²) in [7, 11) is 1.84. The smallest absolute Gasteiger partial charge is 0.207 e. The number of fused-ring (bicyclic) bond motifs is 1. The van der Waals surface area contributed by atoms with E-state index in [1.807, 2.05) is 18.2 Å². The van der Waals surface area contributed by atoms with Crippen molar-refractivity contribution in [2.75, 3.05) is 0 Å². The van der Waals surface area contributed by atoms with Gasteiger partial charge in [-0.05, 0) is 34.6 Å². The van der Waals surface area contributed by atoms with Gasteiger partial charge in [-0.2, -0.15) is 0 Å². The third-order valence-electron chi connectivity index (χ3n) is 3.59. The molecule has 0 aromatic rings. The summed E-state index contributed by atoms with van der Waals surface area (Å²) in [5.41, 5.74) is 3.86. The van der Waals surface area contributed by atoms with Crippen LogP contribution in [0.15, 0.2) is 35.2 Å². The van der Waals surface area contributed by atoms with Crippen molar-refractivity contribution in [2.24, 2.45) is 0 Å². The van der Waals surface area contributed by atoms with Gasteiger partial charge in [-0.3, -0.25) is 0 Å². The second-order valence-corrected chi connectivity index (χ2v) is 8.24. The molecule has 2 aliphatic rings. The molecule has 0 fully saturated rings. The maximum Gasteiger partial charge on any atom is 0.261 e. The number of halogens is 1. The molecule has 2 rings (SSSR count). The molecule has 0 heterocycles. The lowest BCUT2D eigenvalue weighted by Gasteiger charge is -2.04. The Morgan fingerprint density at radius 3 is 1.90 bits per heavy atom. The minimum atomic E-state index is -3.73. The first-order chi connectivity index (χ1) is 9.21. The Labute approximate surface area is 125 Å². The van der Waals surface area contributed by atoms with Crippen molar-refractivity contribution >= 4 is 19.7 Å². The van der Waals surface area contributed by atoms with Gasteiger partial charge in [0.05, 0.1) is 4.90 Å². The Hall–Kier alpha value is -1.06. The first-order valence-electron chi connectivity index (χ1n) is 6.73. The molecular weight excluding hydrogens is 292 g/mol. The van der Waals surface area contributed by atoms with Crippen molar-refractivity contribution in [3.63, 3.8) is 0 Å². The van der Waals surface area contributed by atoms with Crippen molar-refractivity contribution in [3.8, 4) is 11.1 Å². The Morgan fingerprint density at radius 1 is 0.900 bits per heavy atom. The summed E-state index contributed by atoms with van der Waals surface area (Å²) in [6.45, 7) is 8.33. The average Bonchev–Trinajstić information content (AvgIpc) is 2.55. The van der Waals surface area contributed by atoms with Gasteiger partial charge in [0.15, 0.2) is 0 Å². The van der Waals surface area contributed by atoms with E-state index in [9.17, 15) is 8.42 Å². The van der Waals surface area contributed by atoms with Crippen molar-refractivity contribution in [3.05, 3.63) is 41.5 Å². The standard InChI is InChI=1S/C16H19ClO2S/c1-10(2)12-5-7-13-14(8-6-12)16(20(17,18)19)9-15(13)11(3)4/h5-11H,1-4H3. The molecular formula is C16H19ClO2S. The highest BCUT2D eigenvalue weighted by molar-refractivity contribution is 8.13. The normalized spacial score (nSPS) is 12.6. The van der Waals surface area contributed by atoms with Gasteiger partial charge in [0, 0.05) is 16.2 Å². The zero-order valence-corrected chi connectivity index (χ0v) is 13.7.